The van der Waals surface area contributed by atoms with Gasteiger partial charge in [0.1, 0.15) is 0 Å². The zero-order valence-corrected chi connectivity index (χ0v) is 17.3. The van der Waals surface area contributed by atoms with Crippen molar-refractivity contribution >= 4 is 5.97 Å². The van der Waals surface area contributed by atoms with E-state index in [1.54, 1.807) is 0 Å². The highest BCUT2D eigenvalue weighted by Crippen LogP contribution is 2.63. The van der Waals surface area contributed by atoms with Crippen molar-refractivity contribution in [3.63, 3.8) is 0 Å². The Kier molecular flexibility index (Phi) is 9.33. The molecule has 0 saturated heterocycles. The van der Waals surface area contributed by atoms with Crippen LogP contribution in [0.3, 0.4) is 0 Å². The number of ether oxygens (including phenoxy) is 2. The average Bonchev–Trinajstić information content (AvgIpc) is 2.70. The summed E-state index contributed by atoms with van der Waals surface area (Å²) in [6.45, 7) is 0. The summed E-state index contributed by atoms with van der Waals surface area (Å²) in [4.78, 5) is 10.2. The minimum Gasteiger partial charge on any atom is -0.477 e. The molecular formula is C13H2F24O4. The quantitative estimate of drug-likeness (QED) is 0.222. The maximum atomic E-state index is 13.9. The highest BCUT2D eigenvalue weighted by atomic mass is 19.4. The van der Waals surface area contributed by atoms with E-state index in [1.807, 2.05) is 0 Å². The van der Waals surface area contributed by atoms with Crippen LogP contribution in [0.2, 0.25) is 0 Å². The van der Waals surface area contributed by atoms with Gasteiger partial charge in [-0.1, -0.05) is 0 Å². The van der Waals surface area contributed by atoms with Crippen LogP contribution in [0.4, 0.5) is 105 Å². The van der Waals surface area contributed by atoms with Gasteiger partial charge in [0, 0.05) is 0 Å². The van der Waals surface area contributed by atoms with E-state index < -0.39 is 78.3 Å². The Morgan fingerprint density at radius 2 is 0.829 bits per heavy atom. The van der Waals surface area contributed by atoms with Gasteiger partial charge in [0.15, 0.2) is 0 Å². The molecule has 2 atom stereocenters. The van der Waals surface area contributed by atoms with Crippen molar-refractivity contribution in [2.24, 2.45) is 0 Å². The fourth-order valence-electron chi connectivity index (χ4n) is 1.91. The van der Waals surface area contributed by atoms with Crippen molar-refractivity contribution in [1.29, 1.82) is 0 Å². The lowest BCUT2D eigenvalue weighted by Crippen LogP contribution is -2.73. The molecule has 0 amide bonds. The predicted octanol–water partition coefficient (Wildman–Crippen LogP) is 7.19. The molecule has 0 aliphatic rings. The lowest BCUT2D eigenvalue weighted by Gasteiger charge is -2.43. The minimum atomic E-state index is -9.19. The Labute approximate surface area is 204 Å². The second kappa shape index (κ2) is 9.88. The third-order valence-electron chi connectivity index (χ3n) is 4.16. The third kappa shape index (κ3) is 5.48. The Bertz CT molecular complexity index is 966. The summed E-state index contributed by atoms with van der Waals surface area (Å²) in [6, 6.07) is 0. The fraction of sp³-hybridized carbons (Fsp3) is 0.923. The number of halogens is 24. The van der Waals surface area contributed by atoms with Gasteiger partial charge in [0.2, 0.25) is 0 Å². The molecule has 2 unspecified atom stereocenters. The Hall–Kier alpha value is -2.29. The van der Waals surface area contributed by atoms with E-state index in [9.17, 15) is 110 Å². The summed E-state index contributed by atoms with van der Waals surface area (Å²) in [6.07, 6.45) is -39.6. The van der Waals surface area contributed by atoms with E-state index >= 15 is 0 Å². The van der Waals surface area contributed by atoms with Gasteiger partial charge in [-0.05, 0) is 0 Å². The molecule has 0 saturated carbocycles. The van der Waals surface area contributed by atoms with Crippen LogP contribution in [0.25, 0.3) is 0 Å². The van der Waals surface area contributed by atoms with Gasteiger partial charge in [-0.25, -0.2) is 13.6 Å². The van der Waals surface area contributed by atoms with E-state index in [0.717, 1.165) is 4.74 Å². The largest absolute Gasteiger partial charge is 0.477 e. The molecule has 28 heteroatoms. The third-order valence-corrected chi connectivity index (χ3v) is 4.16. The van der Waals surface area contributed by atoms with Gasteiger partial charge in [-0.3, -0.25) is 9.47 Å². The molecule has 0 spiro atoms. The molecule has 0 radical (unpaired) electrons. The second-order valence-electron chi connectivity index (χ2n) is 6.95. The Morgan fingerprint density at radius 1 is 0.488 bits per heavy atom. The first-order valence-electron chi connectivity index (χ1n) is 8.38. The van der Waals surface area contributed by atoms with Crippen LogP contribution in [0.1, 0.15) is 0 Å². The van der Waals surface area contributed by atoms with Gasteiger partial charge in [-0.2, -0.15) is 96.6 Å². The van der Waals surface area contributed by atoms with E-state index in [0.29, 0.717) is 0 Å². The molecule has 0 aliphatic heterocycles. The number of rotatable bonds is 12. The summed E-state index contributed by atoms with van der Waals surface area (Å²) in [7, 11) is 0. The zero-order valence-electron chi connectivity index (χ0n) is 17.3. The summed E-state index contributed by atoms with van der Waals surface area (Å²) in [5.41, 5.74) is 0. The molecule has 0 fully saturated rings. The molecule has 0 bridgehead atoms. The second-order valence-corrected chi connectivity index (χ2v) is 6.95. The van der Waals surface area contributed by atoms with Gasteiger partial charge in [0.05, 0.1) is 0 Å². The molecule has 0 aromatic rings. The zero-order chi connectivity index (χ0) is 34.1. The summed E-state index contributed by atoms with van der Waals surface area (Å²) >= 11 is 0. The smallest absolute Gasteiger partial charge is 0.460 e. The number of carboxylic acid groups (broad SMARTS) is 1. The molecule has 0 aromatic carbocycles. The van der Waals surface area contributed by atoms with Crippen molar-refractivity contribution in [2.45, 2.75) is 72.3 Å². The number of carboxylic acids is 1. The standard InChI is InChI=1S/C13H2F24O4/c14-1(15)3(16,17)5(19,20)6(21,22)7(23,24)8(25,26)12(34,35)41-9(27,11(31,32)33)13(36,37)40-4(18,2(38)39)10(28,29)30/h1H,(H,38,39). The number of alkyl halides is 24. The number of hydrogen-bond donors (Lipinski definition) is 1. The minimum absolute atomic E-state index is 0.914. The maximum absolute atomic E-state index is 13.9. The van der Waals surface area contributed by atoms with Crippen LogP contribution < -0.4 is 0 Å². The molecule has 246 valence electrons. The molecule has 41 heavy (non-hydrogen) atoms. The average molecular weight is 678 g/mol. The topological polar surface area (TPSA) is 55.8 Å². The van der Waals surface area contributed by atoms with Crippen LogP contribution in [-0.4, -0.2) is 83.4 Å². The number of aliphatic carboxylic acids is 1. The highest BCUT2D eigenvalue weighted by molar-refractivity contribution is 5.76. The first kappa shape index (κ1) is 38.7. The number of carbonyl (C=O) groups is 1. The Morgan fingerprint density at radius 3 is 1.10 bits per heavy atom. The van der Waals surface area contributed by atoms with Crippen LogP contribution in [0, 0.1) is 0 Å². The molecule has 0 rings (SSSR count). The van der Waals surface area contributed by atoms with Crippen molar-refractivity contribution in [3.05, 3.63) is 0 Å². The summed E-state index contributed by atoms with van der Waals surface area (Å²) in [5, 5.41) is 7.90. The highest BCUT2D eigenvalue weighted by Gasteiger charge is 2.93. The number of hydrogen-bond acceptors (Lipinski definition) is 3. The van der Waals surface area contributed by atoms with Crippen LogP contribution >= 0.6 is 0 Å². The first-order chi connectivity index (χ1) is 17.3. The Balaban J connectivity index is 7.20. The van der Waals surface area contributed by atoms with E-state index in [-0.39, 0.29) is 0 Å². The first-order valence-corrected chi connectivity index (χ1v) is 8.38. The van der Waals surface area contributed by atoms with Crippen LogP contribution in [-0.2, 0) is 14.3 Å². The molecule has 0 aromatic heterocycles. The van der Waals surface area contributed by atoms with Gasteiger partial charge < -0.3 is 5.11 Å². The summed E-state index contributed by atoms with van der Waals surface area (Å²) < 4.78 is 315. The summed E-state index contributed by atoms with van der Waals surface area (Å²) in [5.74, 6) is -64.5. The van der Waals surface area contributed by atoms with E-state index in [1.165, 1.54) is 4.74 Å². The lowest BCUT2D eigenvalue weighted by molar-refractivity contribution is -0.551. The normalized spacial score (nSPS) is 18.8. The predicted molar refractivity (Wildman–Crippen MR) is 70.2 cm³/mol. The molecule has 0 heterocycles. The SMILES string of the molecule is O=C(O)C(F)(OC(F)(F)C(F)(OC(F)(F)C(F)(F)C(F)(F)C(F)(F)C(F)(F)C(F)(F)C(F)F)C(F)(F)F)C(F)(F)F. The van der Waals surface area contributed by atoms with E-state index in [2.05, 4.69) is 0 Å². The van der Waals surface area contributed by atoms with Gasteiger partial charge >= 0.3 is 78.3 Å². The van der Waals surface area contributed by atoms with Crippen molar-refractivity contribution in [3.8, 4) is 0 Å². The van der Waals surface area contributed by atoms with Gasteiger partial charge in [0.25, 0.3) is 0 Å². The van der Waals surface area contributed by atoms with Gasteiger partial charge in [-0.15, -0.1) is 0 Å². The van der Waals surface area contributed by atoms with Crippen molar-refractivity contribution < 1.29 is 125 Å². The maximum Gasteiger partial charge on any atom is 0.460 e. The lowest BCUT2D eigenvalue weighted by atomic mass is 9.93. The fourth-order valence-corrected chi connectivity index (χ4v) is 1.91. The van der Waals surface area contributed by atoms with Crippen LogP contribution in [0.15, 0.2) is 0 Å². The molecule has 4 nitrogen and oxygen atoms in total. The van der Waals surface area contributed by atoms with Crippen molar-refractivity contribution in [2.75, 3.05) is 0 Å². The monoisotopic (exact) mass is 678 g/mol. The molecule has 0 aliphatic carbocycles. The molecular weight excluding hydrogens is 676 g/mol. The van der Waals surface area contributed by atoms with Crippen molar-refractivity contribution in [1.82, 2.24) is 0 Å². The molecule has 1 N–H and O–H groups in total. The van der Waals surface area contributed by atoms with Crippen LogP contribution in [0.5, 0.6) is 0 Å². The van der Waals surface area contributed by atoms with E-state index in [4.69, 9.17) is 5.11 Å².